The third kappa shape index (κ3) is 9.92. The molecule has 0 radical (unpaired) electrons. The molecular weight excluding hydrogens is 438 g/mol. The van der Waals surface area contributed by atoms with Crippen molar-refractivity contribution < 1.29 is 14.3 Å². The zero-order chi connectivity index (χ0) is 24.7. The molecule has 3 N–H and O–H groups in total. The Hall–Kier alpha value is -3.80. The summed E-state index contributed by atoms with van der Waals surface area (Å²) in [4.78, 5) is 24.5. The van der Waals surface area contributed by atoms with E-state index >= 15 is 0 Å². The van der Waals surface area contributed by atoms with Crippen LogP contribution in [0.15, 0.2) is 78.9 Å². The highest BCUT2D eigenvalue weighted by atomic mass is 16.5. The van der Waals surface area contributed by atoms with Gasteiger partial charge in [-0.2, -0.15) is 0 Å². The second kappa shape index (κ2) is 14.5. The Morgan fingerprint density at radius 1 is 0.714 bits per heavy atom. The van der Waals surface area contributed by atoms with Gasteiger partial charge in [0.15, 0.2) is 0 Å². The number of carbonyl (C=O) groups excluding carboxylic acids is 2. The zero-order valence-corrected chi connectivity index (χ0v) is 20.4. The predicted octanol–water partition coefficient (Wildman–Crippen LogP) is 6.27. The van der Waals surface area contributed by atoms with Crippen molar-refractivity contribution >= 4 is 28.9 Å². The molecule has 0 aromatic heterocycles. The first-order valence-electron chi connectivity index (χ1n) is 12.3. The highest BCUT2D eigenvalue weighted by Crippen LogP contribution is 2.17. The van der Waals surface area contributed by atoms with Crippen LogP contribution in [-0.4, -0.2) is 25.0 Å². The summed E-state index contributed by atoms with van der Waals surface area (Å²) in [6.07, 6.45) is 5.82. The number of aryl methyl sites for hydroxylation is 1. The van der Waals surface area contributed by atoms with Crippen LogP contribution < -0.4 is 20.7 Å². The highest BCUT2D eigenvalue weighted by molar-refractivity contribution is 5.94. The topological polar surface area (TPSA) is 79.5 Å². The van der Waals surface area contributed by atoms with E-state index in [9.17, 15) is 9.59 Å². The van der Waals surface area contributed by atoms with Gasteiger partial charge < -0.3 is 20.7 Å². The lowest BCUT2D eigenvalue weighted by Crippen LogP contribution is -2.21. The maximum absolute atomic E-state index is 12.3. The molecule has 0 unspecified atom stereocenters. The molecule has 0 bridgehead atoms. The quantitative estimate of drug-likeness (QED) is 0.241. The molecule has 184 valence electrons. The molecule has 0 spiro atoms. The standard InChI is InChI=1S/C29H35N3O3/c1-2-3-4-8-21-35-27-18-16-26(17-19-27)32-29(34)22-30-24-12-14-25(15-13-24)31-28(33)20-11-23-9-6-5-7-10-23/h5-7,9-10,12-19,30H,2-4,8,11,20-22H2,1H3,(H,31,33)(H,32,34). The molecule has 6 nitrogen and oxygen atoms in total. The molecule has 0 saturated heterocycles. The minimum absolute atomic E-state index is 0.0261. The molecule has 0 atom stereocenters. The number of benzene rings is 3. The van der Waals surface area contributed by atoms with Crippen LogP contribution in [0.25, 0.3) is 0 Å². The molecule has 6 heteroatoms. The molecular formula is C29H35N3O3. The fourth-order valence-corrected chi connectivity index (χ4v) is 3.54. The molecule has 0 heterocycles. The fourth-order valence-electron chi connectivity index (χ4n) is 3.54. The third-order valence-corrected chi connectivity index (χ3v) is 5.51. The van der Waals surface area contributed by atoms with Crippen molar-refractivity contribution in [3.8, 4) is 5.75 Å². The van der Waals surface area contributed by atoms with E-state index in [2.05, 4.69) is 22.9 Å². The molecule has 0 aliphatic heterocycles. The number of unbranched alkanes of at least 4 members (excludes halogenated alkanes) is 3. The maximum Gasteiger partial charge on any atom is 0.243 e. The Balaban J connectivity index is 1.35. The van der Waals surface area contributed by atoms with E-state index in [0.29, 0.717) is 19.4 Å². The molecule has 2 amide bonds. The lowest BCUT2D eigenvalue weighted by atomic mass is 10.1. The summed E-state index contributed by atoms with van der Waals surface area (Å²) in [5, 5.41) is 8.88. The van der Waals surface area contributed by atoms with Crippen LogP contribution >= 0.6 is 0 Å². The SMILES string of the molecule is CCCCCCOc1ccc(NC(=O)CNc2ccc(NC(=O)CCc3ccccc3)cc2)cc1. The summed E-state index contributed by atoms with van der Waals surface area (Å²) in [5.41, 5.74) is 3.39. The summed E-state index contributed by atoms with van der Waals surface area (Å²) in [5.74, 6) is 0.642. The van der Waals surface area contributed by atoms with Crippen molar-refractivity contribution in [2.24, 2.45) is 0 Å². The second-order valence-corrected chi connectivity index (χ2v) is 8.45. The molecule has 0 aliphatic rings. The molecule has 3 rings (SSSR count). The van der Waals surface area contributed by atoms with E-state index in [1.807, 2.05) is 78.9 Å². The van der Waals surface area contributed by atoms with Crippen LogP contribution in [0, 0.1) is 0 Å². The van der Waals surface area contributed by atoms with Gasteiger partial charge >= 0.3 is 0 Å². The Labute approximate surface area is 208 Å². The minimum Gasteiger partial charge on any atom is -0.494 e. The first-order valence-corrected chi connectivity index (χ1v) is 12.3. The van der Waals surface area contributed by atoms with Gasteiger partial charge in [0.1, 0.15) is 5.75 Å². The van der Waals surface area contributed by atoms with Crippen LogP contribution in [0.3, 0.4) is 0 Å². The van der Waals surface area contributed by atoms with Gasteiger partial charge in [0.25, 0.3) is 0 Å². The third-order valence-electron chi connectivity index (χ3n) is 5.51. The number of hydrogen-bond donors (Lipinski definition) is 3. The van der Waals surface area contributed by atoms with Crippen molar-refractivity contribution in [3.63, 3.8) is 0 Å². The van der Waals surface area contributed by atoms with Crippen molar-refractivity contribution in [1.29, 1.82) is 0 Å². The van der Waals surface area contributed by atoms with Gasteiger partial charge in [-0.3, -0.25) is 9.59 Å². The number of ether oxygens (including phenoxy) is 1. The number of amides is 2. The van der Waals surface area contributed by atoms with Gasteiger partial charge in [0.05, 0.1) is 13.2 Å². The summed E-state index contributed by atoms with van der Waals surface area (Å²) in [6, 6.07) is 24.7. The summed E-state index contributed by atoms with van der Waals surface area (Å²) >= 11 is 0. The summed E-state index contributed by atoms with van der Waals surface area (Å²) < 4.78 is 5.73. The highest BCUT2D eigenvalue weighted by Gasteiger charge is 2.05. The van der Waals surface area contributed by atoms with Crippen LogP contribution in [0.5, 0.6) is 5.75 Å². The average molecular weight is 474 g/mol. The molecule has 3 aromatic rings. The Morgan fingerprint density at radius 2 is 1.34 bits per heavy atom. The smallest absolute Gasteiger partial charge is 0.243 e. The van der Waals surface area contributed by atoms with E-state index in [1.54, 1.807) is 0 Å². The van der Waals surface area contributed by atoms with Crippen molar-refractivity contribution in [1.82, 2.24) is 0 Å². The Bertz CT molecular complexity index is 1040. The molecule has 3 aromatic carbocycles. The van der Waals surface area contributed by atoms with Crippen LogP contribution in [0.2, 0.25) is 0 Å². The van der Waals surface area contributed by atoms with Gasteiger partial charge in [0.2, 0.25) is 11.8 Å². The normalized spacial score (nSPS) is 10.4. The lowest BCUT2D eigenvalue weighted by molar-refractivity contribution is -0.116. The van der Waals surface area contributed by atoms with Gasteiger partial charge in [-0.1, -0.05) is 56.5 Å². The first-order chi connectivity index (χ1) is 17.1. The van der Waals surface area contributed by atoms with Crippen molar-refractivity contribution in [2.45, 2.75) is 45.4 Å². The van der Waals surface area contributed by atoms with Crippen LogP contribution in [0.1, 0.15) is 44.6 Å². The number of anilines is 3. The van der Waals surface area contributed by atoms with Gasteiger partial charge in [-0.05, 0) is 66.9 Å². The Morgan fingerprint density at radius 3 is 2.03 bits per heavy atom. The molecule has 0 fully saturated rings. The largest absolute Gasteiger partial charge is 0.494 e. The minimum atomic E-state index is -0.142. The summed E-state index contributed by atoms with van der Waals surface area (Å²) in [7, 11) is 0. The van der Waals surface area contributed by atoms with Gasteiger partial charge in [-0.15, -0.1) is 0 Å². The monoisotopic (exact) mass is 473 g/mol. The van der Waals surface area contributed by atoms with E-state index < -0.39 is 0 Å². The average Bonchev–Trinajstić information content (AvgIpc) is 2.88. The van der Waals surface area contributed by atoms with Crippen LogP contribution in [-0.2, 0) is 16.0 Å². The number of rotatable bonds is 14. The lowest BCUT2D eigenvalue weighted by Gasteiger charge is -2.10. The summed E-state index contributed by atoms with van der Waals surface area (Å²) in [6.45, 7) is 3.04. The number of hydrogen-bond acceptors (Lipinski definition) is 4. The van der Waals surface area contributed by atoms with Gasteiger partial charge in [-0.25, -0.2) is 0 Å². The zero-order valence-electron chi connectivity index (χ0n) is 20.4. The van der Waals surface area contributed by atoms with Crippen molar-refractivity contribution in [2.75, 3.05) is 29.1 Å². The van der Waals surface area contributed by atoms with Crippen molar-refractivity contribution in [3.05, 3.63) is 84.4 Å². The maximum atomic E-state index is 12.3. The first kappa shape index (κ1) is 25.8. The fraction of sp³-hybridized carbons (Fsp3) is 0.310. The molecule has 0 aliphatic carbocycles. The van der Waals surface area contributed by atoms with E-state index in [0.717, 1.165) is 34.8 Å². The second-order valence-electron chi connectivity index (χ2n) is 8.45. The predicted molar refractivity (Wildman–Crippen MR) is 143 cm³/mol. The van der Waals surface area contributed by atoms with E-state index in [4.69, 9.17) is 4.74 Å². The molecule has 35 heavy (non-hydrogen) atoms. The Kier molecular flexibility index (Phi) is 10.7. The van der Waals surface area contributed by atoms with E-state index in [1.165, 1.54) is 19.3 Å². The van der Waals surface area contributed by atoms with E-state index in [-0.39, 0.29) is 18.4 Å². The number of carbonyl (C=O) groups is 2. The van der Waals surface area contributed by atoms with Gasteiger partial charge in [0, 0.05) is 23.5 Å². The van der Waals surface area contributed by atoms with Crippen LogP contribution in [0.4, 0.5) is 17.1 Å². The number of nitrogens with one attached hydrogen (secondary N) is 3. The molecule has 0 saturated carbocycles.